The zero-order chi connectivity index (χ0) is 16.2. The van der Waals surface area contributed by atoms with E-state index >= 15 is 0 Å². The van der Waals surface area contributed by atoms with Gasteiger partial charge in [-0.05, 0) is 48.1 Å². The van der Waals surface area contributed by atoms with Gasteiger partial charge in [0.2, 0.25) is 0 Å². The van der Waals surface area contributed by atoms with Crippen molar-refractivity contribution in [1.82, 2.24) is 5.32 Å². The van der Waals surface area contributed by atoms with Crippen molar-refractivity contribution in [3.05, 3.63) is 65.2 Å². The van der Waals surface area contributed by atoms with Crippen LogP contribution >= 0.6 is 0 Å². The summed E-state index contributed by atoms with van der Waals surface area (Å²) < 4.78 is 0. The third kappa shape index (κ3) is 4.10. The summed E-state index contributed by atoms with van der Waals surface area (Å²) in [7, 11) is 0. The van der Waals surface area contributed by atoms with Gasteiger partial charge in [-0.2, -0.15) is 0 Å². The van der Waals surface area contributed by atoms with E-state index in [4.69, 9.17) is 11.5 Å². The van der Waals surface area contributed by atoms with Gasteiger partial charge in [-0.3, -0.25) is 4.79 Å². The highest BCUT2D eigenvalue weighted by atomic mass is 16.1. The smallest absolute Gasteiger partial charge is 0.251 e. The number of carbonyl (C=O) groups is 1. The summed E-state index contributed by atoms with van der Waals surface area (Å²) >= 11 is 0. The molecule has 5 N–H and O–H groups in total. The fraction of sp³-hybridized carbons (Fsp3) is 0.222. The van der Waals surface area contributed by atoms with Crippen LogP contribution in [-0.4, -0.2) is 11.9 Å². The molecule has 0 radical (unpaired) electrons. The molecule has 3 rings (SSSR count). The molecular formula is C18H20N4O. The van der Waals surface area contributed by atoms with Crippen LogP contribution in [0, 0.1) is 0 Å². The number of hydrogen-bond acceptors (Lipinski definition) is 2. The lowest BCUT2D eigenvalue weighted by Crippen LogP contribution is -2.23. The molecule has 0 bridgehead atoms. The summed E-state index contributed by atoms with van der Waals surface area (Å²) in [6, 6.07) is 15.3. The lowest BCUT2D eigenvalue weighted by atomic mass is 10.1. The Morgan fingerprint density at radius 3 is 2.65 bits per heavy atom. The molecule has 0 saturated heterocycles. The lowest BCUT2D eigenvalue weighted by molar-refractivity contribution is 0.0951. The van der Waals surface area contributed by atoms with Gasteiger partial charge in [0.05, 0.1) is 5.69 Å². The summed E-state index contributed by atoms with van der Waals surface area (Å²) in [6.45, 7) is 0.506. The molecule has 0 atom stereocenters. The van der Waals surface area contributed by atoms with Crippen molar-refractivity contribution in [2.75, 3.05) is 0 Å². The second-order valence-electron chi connectivity index (χ2n) is 5.79. The first-order valence-electron chi connectivity index (χ1n) is 7.68. The average Bonchev–Trinajstić information content (AvgIpc) is 3.37. The van der Waals surface area contributed by atoms with E-state index in [-0.39, 0.29) is 11.9 Å². The van der Waals surface area contributed by atoms with Crippen LogP contribution in [0.25, 0.3) is 0 Å². The van der Waals surface area contributed by atoms with Gasteiger partial charge in [0.25, 0.3) is 5.91 Å². The minimum atomic E-state index is -0.144. The summed E-state index contributed by atoms with van der Waals surface area (Å²) in [5.74, 6) is 0.538. The Morgan fingerprint density at radius 2 is 1.91 bits per heavy atom. The number of guanidine groups is 1. The van der Waals surface area contributed by atoms with Gasteiger partial charge in [-0.1, -0.05) is 30.3 Å². The van der Waals surface area contributed by atoms with E-state index in [0.29, 0.717) is 23.7 Å². The maximum absolute atomic E-state index is 12.3. The third-order valence-electron chi connectivity index (χ3n) is 3.82. The molecule has 0 spiro atoms. The first-order chi connectivity index (χ1) is 11.1. The number of nitrogens with two attached hydrogens (primary N) is 2. The van der Waals surface area contributed by atoms with Gasteiger partial charge < -0.3 is 16.8 Å². The molecule has 1 aliphatic rings. The van der Waals surface area contributed by atoms with Gasteiger partial charge in [-0.15, -0.1) is 0 Å². The maximum Gasteiger partial charge on any atom is 0.251 e. The Bertz CT molecular complexity index is 746. The van der Waals surface area contributed by atoms with Crippen LogP contribution < -0.4 is 16.8 Å². The fourth-order valence-corrected chi connectivity index (χ4v) is 2.52. The lowest BCUT2D eigenvalue weighted by Gasteiger charge is -2.07. The number of amides is 1. The highest BCUT2D eigenvalue weighted by molar-refractivity contribution is 5.95. The second kappa shape index (κ2) is 6.52. The van der Waals surface area contributed by atoms with Crippen molar-refractivity contribution in [1.29, 1.82) is 0 Å². The number of benzene rings is 2. The Hall–Kier alpha value is -2.82. The number of carbonyl (C=O) groups excluding carboxylic acids is 1. The van der Waals surface area contributed by atoms with Crippen molar-refractivity contribution >= 4 is 17.6 Å². The molecule has 1 amide bonds. The summed E-state index contributed by atoms with van der Waals surface area (Å²) in [6.07, 6.45) is 2.54. The number of aliphatic imine (C=N–C) groups is 1. The van der Waals surface area contributed by atoms with Crippen molar-refractivity contribution < 1.29 is 4.79 Å². The molecule has 0 heterocycles. The molecule has 1 fully saturated rings. The number of hydrogen-bond donors (Lipinski definition) is 3. The van der Waals surface area contributed by atoms with E-state index in [1.165, 1.54) is 18.4 Å². The Balaban J connectivity index is 1.65. The molecule has 1 aliphatic carbocycles. The van der Waals surface area contributed by atoms with Crippen molar-refractivity contribution in [2.45, 2.75) is 25.3 Å². The molecule has 0 unspecified atom stereocenters. The van der Waals surface area contributed by atoms with Crippen molar-refractivity contribution in [2.24, 2.45) is 16.5 Å². The van der Waals surface area contributed by atoms with E-state index < -0.39 is 0 Å². The van der Waals surface area contributed by atoms with Crippen LogP contribution in [0.3, 0.4) is 0 Å². The van der Waals surface area contributed by atoms with Gasteiger partial charge in [0.15, 0.2) is 5.96 Å². The molecule has 2 aromatic rings. The van der Waals surface area contributed by atoms with Crippen LogP contribution in [0.2, 0.25) is 0 Å². The van der Waals surface area contributed by atoms with Gasteiger partial charge in [0.1, 0.15) is 0 Å². The Morgan fingerprint density at radius 1 is 1.13 bits per heavy atom. The van der Waals surface area contributed by atoms with Crippen molar-refractivity contribution in [3.63, 3.8) is 0 Å². The highest BCUT2D eigenvalue weighted by Gasteiger charge is 2.23. The average molecular weight is 308 g/mol. The zero-order valence-electron chi connectivity index (χ0n) is 12.8. The van der Waals surface area contributed by atoms with Gasteiger partial charge in [0, 0.05) is 12.1 Å². The van der Waals surface area contributed by atoms with Crippen LogP contribution in [0.1, 0.15) is 40.2 Å². The molecule has 2 aromatic carbocycles. The van der Waals surface area contributed by atoms with E-state index in [9.17, 15) is 4.79 Å². The molecule has 118 valence electrons. The Kier molecular flexibility index (Phi) is 4.28. The second-order valence-corrected chi connectivity index (χ2v) is 5.79. The molecule has 5 heteroatoms. The number of nitrogens with one attached hydrogen (secondary N) is 1. The predicted octanol–water partition coefficient (Wildman–Crippen LogP) is 2.40. The van der Waals surface area contributed by atoms with Crippen LogP contribution in [0.5, 0.6) is 0 Å². The summed E-state index contributed by atoms with van der Waals surface area (Å²) in [5, 5.41) is 2.93. The maximum atomic E-state index is 12.3. The molecule has 1 saturated carbocycles. The summed E-state index contributed by atoms with van der Waals surface area (Å²) in [5.41, 5.74) is 14.3. The topological polar surface area (TPSA) is 93.5 Å². The van der Waals surface area contributed by atoms with Gasteiger partial charge >= 0.3 is 0 Å². The first kappa shape index (κ1) is 15.1. The largest absolute Gasteiger partial charge is 0.370 e. The van der Waals surface area contributed by atoms with E-state index in [0.717, 1.165) is 5.56 Å². The molecule has 23 heavy (non-hydrogen) atoms. The normalized spacial score (nSPS) is 13.4. The number of nitrogens with zero attached hydrogens (tertiary/aromatic N) is 1. The first-order valence-corrected chi connectivity index (χ1v) is 7.68. The van der Waals surface area contributed by atoms with E-state index in [2.05, 4.69) is 28.5 Å². The molecule has 0 aromatic heterocycles. The van der Waals surface area contributed by atoms with Gasteiger partial charge in [-0.25, -0.2) is 4.99 Å². The standard InChI is InChI=1S/C18H20N4O/c19-18(20)22-16-6-2-5-15(10-16)17(23)21-11-12-3-1-4-14(9-12)13-7-8-13/h1-6,9-10,13H,7-8,11H2,(H,21,23)(H4,19,20,22). The molecular weight excluding hydrogens is 288 g/mol. The number of rotatable bonds is 5. The highest BCUT2D eigenvalue weighted by Crippen LogP contribution is 2.40. The van der Waals surface area contributed by atoms with Crippen LogP contribution in [-0.2, 0) is 6.54 Å². The minimum absolute atomic E-state index is 0.0283. The summed E-state index contributed by atoms with van der Waals surface area (Å²) in [4.78, 5) is 16.2. The van der Waals surface area contributed by atoms with Crippen LogP contribution in [0.15, 0.2) is 53.5 Å². The van der Waals surface area contributed by atoms with E-state index in [1.54, 1.807) is 24.3 Å². The monoisotopic (exact) mass is 308 g/mol. The van der Waals surface area contributed by atoms with Crippen LogP contribution in [0.4, 0.5) is 5.69 Å². The molecule has 5 nitrogen and oxygen atoms in total. The Labute approximate surface area is 135 Å². The van der Waals surface area contributed by atoms with Crippen molar-refractivity contribution in [3.8, 4) is 0 Å². The zero-order valence-corrected chi connectivity index (χ0v) is 12.8. The SMILES string of the molecule is NC(N)=Nc1cccc(C(=O)NCc2cccc(C3CC3)c2)c1. The third-order valence-corrected chi connectivity index (χ3v) is 3.82. The van der Waals surface area contributed by atoms with E-state index in [1.807, 2.05) is 6.07 Å². The fourth-order valence-electron chi connectivity index (χ4n) is 2.52. The molecule has 0 aliphatic heterocycles. The predicted molar refractivity (Wildman–Crippen MR) is 91.5 cm³/mol. The minimum Gasteiger partial charge on any atom is -0.370 e. The quantitative estimate of drug-likeness (QED) is 0.585.